The molecule has 1 aliphatic carbocycles. The number of nitrogens with one attached hydrogen (secondary N) is 1. The molecule has 1 saturated carbocycles. The summed E-state index contributed by atoms with van der Waals surface area (Å²) in [5, 5.41) is 0. The van der Waals surface area contributed by atoms with Crippen LogP contribution in [-0.2, 0) is 9.63 Å². The molecule has 0 heterocycles. The quantitative estimate of drug-likeness (QED) is 0.800. The van der Waals surface area contributed by atoms with Crippen LogP contribution in [0.1, 0.15) is 25.7 Å². The van der Waals surface area contributed by atoms with Gasteiger partial charge in [-0.1, -0.05) is 12.8 Å². The van der Waals surface area contributed by atoms with Crippen molar-refractivity contribution in [2.45, 2.75) is 31.8 Å². The third-order valence-electron chi connectivity index (χ3n) is 3.07. The molecule has 2 rings (SSSR count). The van der Waals surface area contributed by atoms with Crippen LogP contribution in [0.3, 0.4) is 0 Å². The number of hydroxylamine groups is 1. The van der Waals surface area contributed by atoms with Crippen LogP contribution in [0.25, 0.3) is 0 Å². The molecular weight excluding hydrogens is 246 g/mol. The Morgan fingerprint density at radius 2 is 1.84 bits per heavy atom. The van der Waals surface area contributed by atoms with Gasteiger partial charge in [0.2, 0.25) is 0 Å². The van der Waals surface area contributed by atoms with Gasteiger partial charge in [0.25, 0.3) is 5.91 Å². The van der Waals surface area contributed by atoms with E-state index < -0.39 is 0 Å². The maximum Gasteiger partial charge on any atom is 0.281 e. The summed E-state index contributed by atoms with van der Waals surface area (Å²) >= 11 is 0. The molecule has 1 aliphatic rings. The van der Waals surface area contributed by atoms with E-state index in [1.54, 1.807) is 31.4 Å². The monoisotopic (exact) mass is 265 g/mol. The molecule has 1 N–H and O–H groups in total. The molecule has 0 unspecified atom stereocenters. The summed E-state index contributed by atoms with van der Waals surface area (Å²) in [4.78, 5) is 16.8. The number of methoxy groups -OCH3 is 1. The second-order valence-corrected chi connectivity index (χ2v) is 4.51. The fraction of sp³-hybridized carbons (Fsp3) is 0.500. The van der Waals surface area contributed by atoms with E-state index in [1.165, 1.54) is 12.8 Å². The van der Waals surface area contributed by atoms with Crippen LogP contribution in [0.5, 0.6) is 11.5 Å². The van der Waals surface area contributed by atoms with Crippen LogP contribution in [0, 0.1) is 0 Å². The summed E-state index contributed by atoms with van der Waals surface area (Å²) in [7, 11) is 1.60. The Kier molecular flexibility index (Phi) is 5.03. The van der Waals surface area contributed by atoms with Crippen molar-refractivity contribution >= 4 is 5.91 Å². The van der Waals surface area contributed by atoms with E-state index in [1.807, 2.05) is 0 Å². The number of amides is 1. The minimum Gasteiger partial charge on any atom is -0.497 e. The van der Waals surface area contributed by atoms with E-state index >= 15 is 0 Å². The molecule has 0 spiro atoms. The highest BCUT2D eigenvalue weighted by Gasteiger charge is 2.16. The first-order valence-corrected chi connectivity index (χ1v) is 6.49. The van der Waals surface area contributed by atoms with Crippen molar-refractivity contribution in [3.63, 3.8) is 0 Å². The van der Waals surface area contributed by atoms with Gasteiger partial charge in [-0.25, -0.2) is 5.48 Å². The number of rotatable bonds is 6. The molecule has 0 bridgehead atoms. The van der Waals surface area contributed by atoms with Crippen molar-refractivity contribution in [3.8, 4) is 11.5 Å². The summed E-state index contributed by atoms with van der Waals surface area (Å²) in [6, 6.07) is 7.07. The van der Waals surface area contributed by atoms with Crippen LogP contribution in [0.2, 0.25) is 0 Å². The van der Waals surface area contributed by atoms with E-state index in [2.05, 4.69) is 5.48 Å². The van der Waals surface area contributed by atoms with Crippen LogP contribution >= 0.6 is 0 Å². The van der Waals surface area contributed by atoms with E-state index in [9.17, 15) is 4.79 Å². The standard InChI is InChI=1S/C14H19NO4/c1-17-11-6-8-12(9-7-11)18-10-14(16)15-19-13-4-2-3-5-13/h6-9,13H,2-5,10H2,1H3,(H,15,16). The molecule has 0 aliphatic heterocycles. The molecule has 0 aromatic heterocycles. The van der Waals surface area contributed by atoms with Gasteiger partial charge in [0.1, 0.15) is 11.5 Å². The Morgan fingerprint density at radius 3 is 2.47 bits per heavy atom. The van der Waals surface area contributed by atoms with Gasteiger partial charge in [0.15, 0.2) is 6.61 Å². The first-order chi connectivity index (χ1) is 9.28. The van der Waals surface area contributed by atoms with Crippen molar-refractivity contribution in [2.75, 3.05) is 13.7 Å². The van der Waals surface area contributed by atoms with Gasteiger partial charge >= 0.3 is 0 Å². The first kappa shape index (κ1) is 13.7. The predicted octanol–water partition coefficient (Wildman–Crippen LogP) is 2.06. The lowest BCUT2D eigenvalue weighted by atomic mass is 10.3. The highest BCUT2D eigenvalue weighted by molar-refractivity contribution is 5.76. The number of carbonyl (C=O) groups is 1. The minimum absolute atomic E-state index is 0.0565. The normalized spacial score (nSPS) is 15.2. The van der Waals surface area contributed by atoms with Crippen molar-refractivity contribution in [3.05, 3.63) is 24.3 Å². The Morgan fingerprint density at radius 1 is 1.21 bits per heavy atom. The predicted molar refractivity (Wildman–Crippen MR) is 70.0 cm³/mol. The first-order valence-electron chi connectivity index (χ1n) is 6.49. The molecule has 5 nitrogen and oxygen atoms in total. The summed E-state index contributed by atoms with van der Waals surface area (Å²) in [6.45, 7) is -0.0565. The highest BCUT2D eigenvalue weighted by atomic mass is 16.7. The third kappa shape index (κ3) is 4.44. The number of carbonyl (C=O) groups excluding carboxylic acids is 1. The third-order valence-corrected chi connectivity index (χ3v) is 3.07. The van der Waals surface area contributed by atoms with E-state index in [4.69, 9.17) is 14.3 Å². The Hall–Kier alpha value is -1.75. The zero-order valence-corrected chi connectivity index (χ0v) is 11.1. The lowest BCUT2D eigenvalue weighted by Crippen LogP contribution is -2.32. The average molecular weight is 265 g/mol. The number of hydrogen-bond donors (Lipinski definition) is 1. The number of ether oxygens (including phenoxy) is 2. The average Bonchev–Trinajstić information content (AvgIpc) is 2.96. The Labute approximate surface area is 112 Å². The van der Waals surface area contributed by atoms with Crippen LogP contribution in [-0.4, -0.2) is 25.7 Å². The summed E-state index contributed by atoms with van der Waals surface area (Å²) in [6.07, 6.45) is 4.52. The SMILES string of the molecule is COc1ccc(OCC(=O)NOC2CCCC2)cc1. The lowest BCUT2D eigenvalue weighted by molar-refractivity contribution is -0.140. The smallest absolute Gasteiger partial charge is 0.281 e. The topological polar surface area (TPSA) is 56.8 Å². The van der Waals surface area contributed by atoms with Gasteiger partial charge in [-0.15, -0.1) is 0 Å². The number of benzene rings is 1. The molecule has 19 heavy (non-hydrogen) atoms. The molecule has 0 atom stereocenters. The fourth-order valence-electron chi connectivity index (χ4n) is 2.01. The van der Waals surface area contributed by atoms with Crippen molar-refractivity contribution in [2.24, 2.45) is 0 Å². The van der Waals surface area contributed by atoms with Crippen molar-refractivity contribution in [1.29, 1.82) is 0 Å². The maximum atomic E-state index is 11.5. The summed E-state index contributed by atoms with van der Waals surface area (Å²) < 4.78 is 10.4. The molecule has 0 saturated heterocycles. The molecule has 5 heteroatoms. The zero-order chi connectivity index (χ0) is 13.5. The van der Waals surface area contributed by atoms with Gasteiger partial charge in [-0.2, -0.15) is 0 Å². The molecule has 1 aromatic rings. The molecule has 1 amide bonds. The largest absolute Gasteiger partial charge is 0.497 e. The Bertz CT molecular complexity index is 398. The van der Waals surface area contributed by atoms with Crippen LogP contribution in [0.4, 0.5) is 0 Å². The van der Waals surface area contributed by atoms with Gasteiger partial charge in [-0.3, -0.25) is 9.63 Å². The summed E-state index contributed by atoms with van der Waals surface area (Å²) in [5.41, 5.74) is 2.43. The van der Waals surface area contributed by atoms with Gasteiger partial charge in [0.05, 0.1) is 13.2 Å². The van der Waals surface area contributed by atoms with E-state index in [0.29, 0.717) is 5.75 Å². The fourth-order valence-corrected chi connectivity index (χ4v) is 2.01. The van der Waals surface area contributed by atoms with Crippen LogP contribution < -0.4 is 15.0 Å². The minimum atomic E-state index is -0.275. The maximum absolute atomic E-state index is 11.5. The van der Waals surface area contributed by atoms with Gasteiger partial charge < -0.3 is 9.47 Å². The van der Waals surface area contributed by atoms with Crippen molar-refractivity contribution in [1.82, 2.24) is 5.48 Å². The van der Waals surface area contributed by atoms with E-state index in [0.717, 1.165) is 18.6 Å². The van der Waals surface area contributed by atoms with Crippen molar-refractivity contribution < 1.29 is 19.1 Å². The van der Waals surface area contributed by atoms with Gasteiger partial charge in [0, 0.05) is 0 Å². The zero-order valence-electron chi connectivity index (χ0n) is 11.1. The molecule has 0 radical (unpaired) electrons. The van der Waals surface area contributed by atoms with Crippen LogP contribution in [0.15, 0.2) is 24.3 Å². The van der Waals surface area contributed by atoms with E-state index in [-0.39, 0.29) is 18.6 Å². The summed E-state index contributed by atoms with van der Waals surface area (Å²) in [5.74, 6) is 1.10. The van der Waals surface area contributed by atoms with Gasteiger partial charge in [-0.05, 0) is 37.1 Å². The molecule has 1 fully saturated rings. The molecular formula is C14H19NO4. The molecule has 1 aromatic carbocycles. The molecule has 104 valence electrons. The second kappa shape index (κ2) is 6.99. The number of hydrogen-bond acceptors (Lipinski definition) is 4. The Balaban J connectivity index is 1.67. The highest BCUT2D eigenvalue weighted by Crippen LogP contribution is 2.20. The second-order valence-electron chi connectivity index (χ2n) is 4.51. The lowest BCUT2D eigenvalue weighted by Gasteiger charge is -2.12.